The Labute approximate surface area is 199 Å². The van der Waals surface area contributed by atoms with Crippen molar-refractivity contribution in [3.05, 3.63) is 58.6 Å². The highest BCUT2D eigenvalue weighted by Gasteiger charge is 2.33. The molecule has 2 aromatic carbocycles. The highest BCUT2D eigenvalue weighted by Crippen LogP contribution is 2.38. The van der Waals surface area contributed by atoms with Gasteiger partial charge in [0, 0.05) is 19.7 Å². The monoisotopic (exact) mass is 498 g/mol. The molecule has 0 radical (unpaired) electrons. The zero-order chi connectivity index (χ0) is 24.7. The molecule has 2 aromatic rings. The predicted molar refractivity (Wildman–Crippen MR) is 120 cm³/mol. The van der Waals surface area contributed by atoms with E-state index >= 15 is 0 Å². The Balaban J connectivity index is 1.71. The summed E-state index contributed by atoms with van der Waals surface area (Å²) < 4.78 is 55.5. The lowest BCUT2D eigenvalue weighted by Crippen LogP contribution is -2.39. The Morgan fingerprint density at radius 3 is 2.68 bits per heavy atom. The van der Waals surface area contributed by atoms with Gasteiger partial charge < -0.3 is 24.4 Å². The first-order chi connectivity index (χ1) is 16.2. The van der Waals surface area contributed by atoms with Gasteiger partial charge in [0.15, 0.2) is 11.5 Å². The van der Waals surface area contributed by atoms with Crippen molar-refractivity contribution in [1.29, 1.82) is 0 Å². The third-order valence-electron chi connectivity index (χ3n) is 4.76. The molecule has 7 nitrogen and oxygen atoms in total. The molecular weight excluding hydrogens is 477 g/mol. The smallest absolute Gasteiger partial charge is 0.418 e. The molecule has 0 saturated carbocycles. The van der Waals surface area contributed by atoms with Crippen LogP contribution in [-0.2, 0) is 20.5 Å². The number of halogens is 4. The van der Waals surface area contributed by atoms with Crippen molar-refractivity contribution in [1.82, 2.24) is 4.90 Å². The molecule has 34 heavy (non-hydrogen) atoms. The molecular formula is C23H22ClF3N2O5. The van der Waals surface area contributed by atoms with Gasteiger partial charge in [-0.15, -0.1) is 0 Å². The van der Waals surface area contributed by atoms with Gasteiger partial charge in [0.2, 0.25) is 11.8 Å². The highest BCUT2D eigenvalue weighted by atomic mass is 35.5. The average Bonchev–Trinajstić information content (AvgIpc) is 2.80. The van der Waals surface area contributed by atoms with Gasteiger partial charge in [-0.1, -0.05) is 23.7 Å². The lowest BCUT2D eigenvalue weighted by atomic mass is 10.1. The van der Waals surface area contributed by atoms with Crippen LogP contribution in [0.5, 0.6) is 11.5 Å². The van der Waals surface area contributed by atoms with Crippen LogP contribution in [0.1, 0.15) is 11.1 Å². The number of amides is 2. The van der Waals surface area contributed by atoms with Crippen LogP contribution in [0.2, 0.25) is 5.02 Å². The summed E-state index contributed by atoms with van der Waals surface area (Å²) in [6, 6.07) is 7.86. The second-order valence-electron chi connectivity index (χ2n) is 7.20. The van der Waals surface area contributed by atoms with Gasteiger partial charge in [0.05, 0.1) is 22.9 Å². The van der Waals surface area contributed by atoms with Crippen molar-refractivity contribution in [2.45, 2.75) is 6.18 Å². The summed E-state index contributed by atoms with van der Waals surface area (Å²) in [7, 11) is 1.43. The molecule has 0 fully saturated rings. The third-order valence-corrected chi connectivity index (χ3v) is 5.04. The topological polar surface area (TPSA) is 77.1 Å². The summed E-state index contributed by atoms with van der Waals surface area (Å²) in [5.41, 5.74) is -0.799. The Hall–Kier alpha value is -3.24. The van der Waals surface area contributed by atoms with Crippen molar-refractivity contribution in [3.8, 4) is 11.5 Å². The number of benzene rings is 2. The molecule has 3 rings (SSSR count). The number of nitrogens with zero attached hydrogens (tertiary/aromatic N) is 1. The minimum atomic E-state index is -4.64. The minimum absolute atomic E-state index is 0.0515. The Bertz CT molecular complexity index is 1080. The molecule has 0 unspecified atom stereocenters. The number of carbonyl (C=O) groups excluding carboxylic acids is 2. The zero-order valence-electron chi connectivity index (χ0n) is 18.2. The lowest BCUT2D eigenvalue weighted by Gasteiger charge is -2.21. The normalized spacial score (nSPS) is 13.1. The molecule has 1 N–H and O–H groups in total. The minimum Gasteiger partial charge on any atom is -0.486 e. The van der Waals surface area contributed by atoms with Crippen LogP contribution in [0, 0.1) is 0 Å². The lowest BCUT2D eigenvalue weighted by molar-refractivity contribution is -0.137. The van der Waals surface area contributed by atoms with Gasteiger partial charge in [-0.3, -0.25) is 9.59 Å². The second kappa shape index (κ2) is 11.3. The van der Waals surface area contributed by atoms with Crippen molar-refractivity contribution in [2.24, 2.45) is 0 Å². The summed E-state index contributed by atoms with van der Waals surface area (Å²) in [6.07, 6.45) is -1.92. The van der Waals surface area contributed by atoms with Crippen molar-refractivity contribution in [2.75, 3.05) is 45.3 Å². The number of ether oxygens (including phenoxy) is 3. The molecule has 0 spiro atoms. The Morgan fingerprint density at radius 2 is 1.94 bits per heavy atom. The summed E-state index contributed by atoms with van der Waals surface area (Å²) in [5.74, 6) is -0.446. The van der Waals surface area contributed by atoms with Gasteiger partial charge in [0.1, 0.15) is 19.8 Å². The van der Waals surface area contributed by atoms with Gasteiger partial charge in [-0.2, -0.15) is 13.2 Å². The van der Waals surface area contributed by atoms with Crippen LogP contribution >= 0.6 is 11.6 Å². The zero-order valence-corrected chi connectivity index (χ0v) is 18.9. The van der Waals surface area contributed by atoms with Gasteiger partial charge in [-0.25, -0.2) is 0 Å². The van der Waals surface area contributed by atoms with E-state index in [-0.39, 0.29) is 18.8 Å². The van der Waals surface area contributed by atoms with E-state index in [0.29, 0.717) is 35.3 Å². The fourth-order valence-corrected chi connectivity index (χ4v) is 3.44. The molecule has 0 bridgehead atoms. The number of hydrogen-bond acceptors (Lipinski definition) is 5. The van der Waals surface area contributed by atoms with Gasteiger partial charge in [0.25, 0.3) is 0 Å². The van der Waals surface area contributed by atoms with Crippen molar-refractivity contribution >= 4 is 35.2 Å². The first kappa shape index (κ1) is 25.4. The summed E-state index contributed by atoms with van der Waals surface area (Å²) in [5, 5.41) is 2.55. The van der Waals surface area contributed by atoms with Crippen LogP contribution in [0.4, 0.5) is 18.9 Å². The number of nitrogens with one attached hydrogen (secondary N) is 1. The van der Waals surface area contributed by atoms with E-state index < -0.39 is 30.1 Å². The first-order valence-corrected chi connectivity index (χ1v) is 10.6. The molecule has 0 aliphatic carbocycles. The number of alkyl halides is 3. The van der Waals surface area contributed by atoms with Crippen LogP contribution in [0.3, 0.4) is 0 Å². The number of methoxy groups -OCH3 is 1. The first-order valence-electron chi connectivity index (χ1n) is 10.2. The average molecular weight is 499 g/mol. The van der Waals surface area contributed by atoms with Crippen LogP contribution < -0.4 is 14.8 Å². The molecule has 2 amide bonds. The second-order valence-corrected chi connectivity index (χ2v) is 7.61. The van der Waals surface area contributed by atoms with E-state index in [1.807, 2.05) is 0 Å². The van der Waals surface area contributed by atoms with Crippen LogP contribution in [0.25, 0.3) is 6.08 Å². The predicted octanol–water partition coefficient (Wildman–Crippen LogP) is 4.26. The Morgan fingerprint density at radius 1 is 1.21 bits per heavy atom. The van der Waals surface area contributed by atoms with Crippen LogP contribution in [-0.4, -0.2) is 56.7 Å². The third kappa shape index (κ3) is 6.64. The molecule has 182 valence electrons. The number of rotatable bonds is 8. The maximum atomic E-state index is 13.2. The Kier molecular flexibility index (Phi) is 8.41. The van der Waals surface area contributed by atoms with E-state index in [0.717, 1.165) is 17.0 Å². The standard InChI is InChI=1S/C23H22ClF3N2O5/c1-32-9-8-29(14-20(30)28-18-5-3-2-4-16(18)23(25,26)27)21(31)7-6-15-12-17(24)22-19(13-15)33-10-11-34-22/h2-7,12-13H,8-11,14H2,1H3,(H,28,30)/b7-6+. The molecule has 1 heterocycles. The number of anilines is 1. The highest BCUT2D eigenvalue weighted by molar-refractivity contribution is 6.32. The quantitative estimate of drug-likeness (QED) is 0.550. The van der Waals surface area contributed by atoms with Gasteiger partial charge >= 0.3 is 6.18 Å². The number of carbonyl (C=O) groups is 2. The summed E-state index contributed by atoms with van der Waals surface area (Å²) in [6.45, 7) is 0.454. The molecule has 11 heteroatoms. The maximum absolute atomic E-state index is 13.2. The van der Waals surface area contributed by atoms with Crippen LogP contribution in [0.15, 0.2) is 42.5 Å². The number of fused-ring (bicyclic) bond motifs is 1. The molecule has 0 saturated heterocycles. The molecule has 0 aromatic heterocycles. The van der Waals surface area contributed by atoms with E-state index in [9.17, 15) is 22.8 Å². The largest absolute Gasteiger partial charge is 0.486 e. The van der Waals surface area contributed by atoms with Crippen molar-refractivity contribution in [3.63, 3.8) is 0 Å². The van der Waals surface area contributed by atoms with Crippen molar-refractivity contribution < 1.29 is 37.0 Å². The maximum Gasteiger partial charge on any atom is 0.418 e. The van der Waals surface area contributed by atoms with Gasteiger partial charge in [-0.05, 0) is 35.9 Å². The SMILES string of the molecule is COCCN(CC(=O)Nc1ccccc1C(F)(F)F)C(=O)/C=C/c1cc(Cl)c2c(c1)OCCO2. The van der Waals surface area contributed by atoms with E-state index in [4.69, 9.17) is 25.8 Å². The van der Waals surface area contributed by atoms with E-state index in [1.165, 1.54) is 31.4 Å². The number of hydrogen-bond donors (Lipinski definition) is 1. The fourth-order valence-electron chi connectivity index (χ4n) is 3.17. The van der Waals surface area contributed by atoms with E-state index in [2.05, 4.69) is 5.32 Å². The molecule has 1 aliphatic heterocycles. The molecule has 1 aliphatic rings. The molecule has 0 atom stereocenters. The summed E-state index contributed by atoms with van der Waals surface area (Å²) in [4.78, 5) is 26.4. The van der Waals surface area contributed by atoms with E-state index in [1.54, 1.807) is 12.1 Å². The fraction of sp³-hybridized carbons (Fsp3) is 0.304. The number of para-hydroxylation sites is 1. The summed E-state index contributed by atoms with van der Waals surface area (Å²) >= 11 is 6.20.